The zero-order valence-electron chi connectivity index (χ0n) is 18.9. The molecule has 0 amide bonds. The lowest BCUT2D eigenvalue weighted by Gasteiger charge is -2.16. The summed E-state index contributed by atoms with van der Waals surface area (Å²) in [6, 6.07) is 20.7. The van der Waals surface area contributed by atoms with E-state index in [0.717, 1.165) is 22.4 Å². The third-order valence-corrected chi connectivity index (χ3v) is 5.62. The minimum absolute atomic E-state index is 0.177. The van der Waals surface area contributed by atoms with E-state index in [0.29, 0.717) is 40.1 Å². The molecular weight excluding hydrogens is 448 g/mol. The Bertz CT molecular complexity index is 1470. The number of rotatable bonds is 8. The summed E-state index contributed by atoms with van der Waals surface area (Å²) in [5.74, 6) is 1.21. The quantitative estimate of drug-likeness (QED) is 0.387. The summed E-state index contributed by atoms with van der Waals surface area (Å²) in [7, 11) is 1.59. The molecule has 1 aromatic heterocycles. The maximum Gasteiger partial charge on any atom is 0.279 e. The highest BCUT2D eigenvalue weighted by molar-refractivity contribution is 6.30. The number of aromatic nitrogens is 2. The highest BCUT2D eigenvalue weighted by atomic mass is 35.5. The van der Waals surface area contributed by atoms with Gasteiger partial charge in [-0.15, -0.1) is 6.58 Å². The zero-order valence-corrected chi connectivity index (χ0v) is 19.6. The van der Waals surface area contributed by atoms with E-state index < -0.39 is 0 Å². The van der Waals surface area contributed by atoms with Crippen molar-refractivity contribution in [3.05, 3.63) is 122 Å². The number of hydrogen-bond acceptors (Lipinski definition) is 3. The first-order valence-electron chi connectivity index (χ1n) is 10.8. The number of methoxy groups -OCH3 is 1. The van der Waals surface area contributed by atoms with Gasteiger partial charge in [0.15, 0.2) is 11.5 Å². The Morgan fingerprint density at radius 3 is 2.50 bits per heavy atom. The number of hydrogen-bond donors (Lipinski definition) is 1. The first-order valence-corrected chi connectivity index (χ1v) is 11.1. The number of benzene rings is 3. The van der Waals surface area contributed by atoms with Crippen LogP contribution in [-0.2, 0) is 13.0 Å². The fourth-order valence-electron chi connectivity index (χ4n) is 3.70. The Hall–Kier alpha value is -3.96. The van der Waals surface area contributed by atoms with Gasteiger partial charge in [0, 0.05) is 10.6 Å². The van der Waals surface area contributed by atoms with Crippen LogP contribution in [0.4, 0.5) is 0 Å². The molecule has 0 bridgehead atoms. The van der Waals surface area contributed by atoms with Gasteiger partial charge in [-0.2, -0.15) is 0 Å². The summed E-state index contributed by atoms with van der Waals surface area (Å²) < 4.78 is 13.3. The van der Waals surface area contributed by atoms with E-state index in [9.17, 15) is 4.79 Å². The molecule has 5 nitrogen and oxygen atoms in total. The second kappa shape index (κ2) is 10.3. The Balaban J connectivity index is 1.74. The number of halogens is 1. The van der Waals surface area contributed by atoms with E-state index in [2.05, 4.69) is 18.3 Å². The Kier molecular flexibility index (Phi) is 7.04. The van der Waals surface area contributed by atoms with Crippen molar-refractivity contribution in [3.8, 4) is 17.2 Å². The Labute approximate surface area is 202 Å². The van der Waals surface area contributed by atoms with Gasteiger partial charge in [-0.3, -0.25) is 9.89 Å². The van der Waals surface area contributed by atoms with E-state index >= 15 is 0 Å². The van der Waals surface area contributed by atoms with Gasteiger partial charge >= 0.3 is 0 Å². The number of nitrogens with zero attached hydrogens (tertiary/aromatic N) is 1. The predicted molar refractivity (Wildman–Crippen MR) is 137 cm³/mol. The Morgan fingerprint density at radius 2 is 1.82 bits per heavy atom. The van der Waals surface area contributed by atoms with Gasteiger partial charge in [-0.1, -0.05) is 54.6 Å². The standard InChI is InChI=1S/C28H25ClN2O3/c1-4-8-22-15-21(16-25-19(2)30-31(28(25)32)24-9-6-5-7-10-24)17-26(33-3)27(22)34-18-20-11-13-23(29)14-12-20/h4-7,9-17,30H,1-2,8,18H2,3H3/b25-16+. The molecule has 0 radical (unpaired) electrons. The molecular formula is C28H25ClN2O3. The van der Waals surface area contributed by atoms with Gasteiger partial charge in [0.1, 0.15) is 6.61 Å². The van der Waals surface area contributed by atoms with Gasteiger partial charge in [0.2, 0.25) is 0 Å². The fourth-order valence-corrected chi connectivity index (χ4v) is 3.82. The van der Waals surface area contributed by atoms with E-state index in [1.165, 1.54) is 4.68 Å². The van der Waals surface area contributed by atoms with E-state index in [4.69, 9.17) is 21.1 Å². The molecule has 172 valence electrons. The predicted octanol–water partition coefficient (Wildman–Crippen LogP) is 4.37. The van der Waals surface area contributed by atoms with Crippen molar-refractivity contribution >= 4 is 24.3 Å². The highest BCUT2D eigenvalue weighted by Crippen LogP contribution is 2.34. The largest absolute Gasteiger partial charge is 0.493 e. The van der Waals surface area contributed by atoms with Gasteiger partial charge in [0.25, 0.3) is 5.56 Å². The minimum atomic E-state index is -0.177. The zero-order chi connectivity index (χ0) is 24.1. The normalized spacial score (nSPS) is 11.4. The van der Waals surface area contributed by atoms with E-state index in [1.807, 2.05) is 66.7 Å². The maximum atomic E-state index is 13.1. The molecule has 0 fully saturated rings. The monoisotopic (exact) mass is 472 g/mol. The molecule has 4 rings (SSSR count). The number of nitrogens with one attached hydrogen (secondary N) is 1. The van der Waals surface area contributed by atoms with Crippen LogP contribution in [-0.4, -0.2) is 16.9 Å². The topological polar surface area (TPSA) is 56.2 Å². The molecule has 0 aliphatic rings. The SMILES string of the molecule is C=CCc1cc(/C=c2\c(=C)[nH]n(-c3ccccc3)c2=O)cc(OC)c1OCc1ccc(Cl)cc1. The van der Waals surface area contributed by atoms with Crippen molar-refractivity contribution in [2.45, 2.75) is 13.0 Å². The summed E-state index contributed by atoms with van der Waals surface area (Å²) in [4.78, 5) is 13.1. The number of para-hydroxylation sites is 1. The molecule has 0 spiro atoms. The van der Waals surface area contributed by atoms with Gasteiger partial charge in [-0.05, 0) is 60.0 Å². The molecule has 4 aromatic rings. The lowest BCUT2D eigenvalue weighted by Crippen LogP contribution is -2.33. The number of allylic oxidation sites excluding steroid dienone is 1. The third-order valence-electron chi connectivity index (χ3n) is 5.37. The molecule has 1 heterocycles. The van der Waals surface area contributed by atoms with Crippen molar-refractivity contribution in [1.82, 2.24) is 9.78 Å². The molecule has 1 N–H and O–H groups in total. The molecule has 0 aliphatic heterocycles. The highest BCUT2D eigenvalue weighted by Gasteiger charge is 2.13. The summed E-state index contributed by atoms with van der Waals surface area (Å²) in [6.07, 6.45) is 4.19. The fraction of sp³-hybridized carbons (Fsp3) is 0.107. The Morgan fingerprint density at radius 1 is 1.09 bits per heavy atom. The first-order chi connectivity index (χ1) is 16.5. The van der Waals surface area contributed by atoms with Crippen molar-refractivity contribution in [2.75, 3.05) is 7.11 Å². The number of ether oxygens (including phenoxy) is 2. The average Bonchev–Trinajstić information content (AvgIpc) is 3.13. The summed E-state index contributed by atoms with van der Waals surface area (Å²) in [5.41, 5.74) is 3.26. The number of aromatic amines is 1. The van der Waals surface area contributed by atoms with Crippen LogP contribution < -0.4 is 25.6 Å². The van der Waals surface area contributed by atoms with Crippen LogP contribution in [0.3, 0.4) is 0 Å². The average molecular weight is 473 g/mol. The first kappa shape index (κ1) is 23.2. The molecule has 34 heavy (non-hydrogen) atoms. The summed E-state index contributed by atoms with van der Waals surface area (Å²) >= 11 is 5.98. The van der Waals surface area contributed by atoms with Crippen LogP contribution in [0.2, 0.25) is 5.02 Å². The van der Waals surface area contributed by atoms with Gasteiger partial charge in [0.05, 0.1) is 23.4 Å². The van der Waals surface area contributed by atoms with E-state index in [-0.39, 0.29) is 5.56 Å². The van der Waals surface area contributed by atoms with Crippen LogP contribution in [0.25, 0.3) is 18.3 Å². The lowest BCUT2D eigenvalue weighted by atomic mass is 10.0. The maximum absolute atomic E-state index is 13.1. The van der Waals surface area contributed by atoms with Gasteiger partial charge in [-0.25, -0.2) is 4.68 Å². The second-order valence-corrected chi connectivity index (χ2v) is 8.18. The van der Waals surface area contributed by atoms with Crippen LogP contribution in [0, 0.1) is 0 Å². The number of H-pyrrole nitrogens is 1. The van der Waals surface area contributed by atoms with Gasteiger partial charge < -0.3 is 9.47 Å². The van der Waals surface area contributed by atoms with Crippen molar-refractivity contribution < 1.29 is 9.47 Å². The summed E-state index contributed by atoms with van der Waals surface area (Å²) in [5, 5.41) is 4.73. The van der Waals surface area contributed by atoms with Crippen LogP contribution in [0.15, 0.2) is 84.2 Å². The molecule has 6 heteroatoms. The summed E-state index contributed by atoms with van der Waals surface area (Å²) in [6.45, 7) is 8.26. The molecule has 3 aromatic carbocycles. The van der Waals surface area contributed by atoms with E-state index in [1.54, 1.807) is 19.3 Å². The minimum Gasteiger partial charge on any atom is -0.493 e. The molecule has 0 unspecified atom stereocenters. The third kappa shape index (κ3) is 5.00. The van der Waals surface area contributed by atoms with Crippen LogP contribution in [0.5, 0.6) is 11.5 Å². The molecule has 0 atom stereocenters. The smallest absolute Gasteiger partial charge is 0.279 e. The second-order valence-electron chi connectivity index (χ2n) is 7.74. The van der Waals surface area contributed by atoms with Crippen LogP contribution in [0.1, 0.15) is 16.7 Å². The molecule has 0 saturated heterocycles. The van der Waals surface area contributed by atoms with Crippen LogP contribution >= 0.6 is 11.6 Å². The lowest BCUT2D eigenvalue weighted by molar-refractivity contribution is 0.282. The molecule has 0 saturated carbocycles. The molecule has 0 aliphatic carbocycles. The van der Waals surface area contributed by atoms with Crippen molar-refractivity contribution in [2.24, 2.45) is 0 Å². The van der Waals surface area contributed by atoms with Crippen molar-refractivity contribution in [1.29, 1.82) is 0 Å². The van der Waals surface area contributed by atoms with Crippen molar-refractivity contribution in [3.63, 3.8) is 0 Å².